The molecule has 0 aromatic rings. The van der Waals surface area contributed by atoms with E-state index in [9.17, 15) is 0 Å². The molecule has 0 radical (unpaired) electrons. The molecule has 2 heteroatoms. The first-order valence-corrected chi connectivity index (χ1v) is 4.14. The average molecular weight is 141 g/mol. The van der Waals surface area contributed by atoms with Crippen LogP contribution in [0.15, 0.2) is 0 Å². The Labute approximate surface area is 62.2 Å². The fraction of sp³-hybridized carbons (Fsp3) is 1.00. The van der Waals surface area contributed by atoms with Gasteiger partial charge in [0.05, 0.1) is 12.7 Å². The van der Waals surface area contributed by atoms with Crippen LogP contribution in [0.5, 0.6) is 0 Å². The van der Waals surface area contributed by atoms with E-state index in [2.05, 4.69) is 18.7 Å². The summed E-state index contributed by atoms with van der Waals surface area (Å²) >= 11 is 0. The van der Waals surface area contributed by atoms with E-state index < -0.39 is 0 Å². The van der Waals surface area contributed by atoms with Gasteiger partial charge in [-0.1, -0.05) is 0 Å². The molecule has 0 aromatic heterocycles. The summed E-state index contributed by atoms with van der Waals surface area (Å²) in [6, 6.07) is 1.45. The van der Waals surface area contributed by atoms with Crippen molar-refractivity contribution in [3.8, 4) is 0 Å². The van der Waals surface area contributed by atoms with Gasteiger partial charge in [0.2, 0.25) is 0 Å². The number of morpholine rings is 1. The summed E-state index contributed by atoms with van der Waals surface area (Å²) in [6.45, 7) is 6.67. The van der Waals surface area contributed by atoms with E-state index in [4.69, 9.17) is 4.74 Å². The van der Waals surface area contributed by atoms with Crippen LogP contribution in [-0.4, -0.2) is 36.2 Å². The van der Waals surface area contributed by atoms with E-state index in [0.29, 0.717) is 12.1 Å². The molecular formula is C8H15NO. The number of rotatable bonds is 1. The van der Waals surface area contributed by atoms with Crippen molar-refractivity contribution in [3.05, 3.63) is 0 Å². The molecule has 2 fully saturated rings. The van der Waals surface area contributed by atoms with Crippen molar-refractivity contribution in [2.24, 2.45) is 0 Å². The van der Waals surface area contributed by atoms with Crippen LogP contribution >= 0.6 is 0 Å². The fourth-order valence-electron chi connectivity index (χ4n) is 2.06. The van der Waals surface area contributed by atoms with E-state index in [0.717, 1.165) is 12.6 Å². The van der Waals surface area contributed by atoms with Gasteiger partial charge >= 0.3 is 0 Å². The number of ether oxygens (including phenoxy) is 1. The number of fused-ring (bicyclic) bond motifs is 2. The predicted molar refractivity (Wildman–Crippen MR) is 40.0 cm³/mol. The van der Waals surface area contributed by atoms with Crippen molar-refractivity contribution < 1.29 is 4.74 Å². The maximum Gasteiger partial charge on any atom is 0.0718 e. The van der Waals surface area contributed by atoms with E-state index in [1.807, 2.05) is 0 Å². The van der Waals surface area contributed by atoms with Gasteiger partial charge in [-0.25, -0.2) is 0 Å². The van der Waals surface area contributed by atoms with Crippen molar-refractivity contribution in [2.75, 3.05) is 13.2 Å². The first kappa shape index (κ1) is 6.62. The van der Waals surface area contributed by atoms with E-state index in [1.165, 1.54) is 13.0 Å². The summed E-state index contributed by atoms with van der Waals surface area (Å²) in [5.74, 6) is 0. The van der Waals surface area contributed by atoms with Crippen molar-refractivity contribution in [3.63, 3.8) is 0 Å². The molecule has 2 heterocycles. The van der Waals surface area contributed by atoms with E-state index in [-0.39, 0.29) is 0 Å². The molecule has 58 valence electrons. The molecule has 2 bridgehead atoms. The zero-order chi connectivity index (χ0) is 7.14. The smallest absolute Gasteiger partial charge is 0.0718 e. The Morgan fingerprint density at radius 1 is 1.50 bits per heavy atom. The Kier molecular flexibility index (Phi) is 1.46. The molecule has 2 saturated heterocycles. The van der Waals surface area contributed by atoms with Crippen molar-refractivity contribution in [2.45, 2.75) is 38.5 Å². The number of likely N-dealkylation sites (tertiary alicyclic amines) is 1. The average Bonchev–Trinajstić information content (AvgIpc) is 2.44. The van der Waals surface area contributed by atoms with Crippen LogP contribution in [0.4, 0.5) is 0 Å². The molecule has 10 heavy (non-hydrogen) atoms. The molecule has 0 unspecified atom stereocenters. The molecule has 0 saturated carbocycles. The molecular weight excluding hydrogens is 126 g/mol. The Morgan fingerprint density at radius 3 is 2.60 bits per heavy atom. The normalized spacial score (nSPS) is 39.9. The van der Waals surface area contributed by atoms with Crippen LogP contribution in [-0.2, 0) is 4.74 Å². The van der Waals surface area contributed by atoms with Gasteiger partial charge in [0.1, 0.15) is 0 Å². The van der Waals surface area contributed by atoms with Crippen LogP contribution in [0.1, 0.15) is 20.3 Å². The summed E-state index contributed by atoms with van der Waals surface area (Å²) in [7, 11) is 0. The molecule has 2 aliphatic heterocycles. The van der Waals surface area contributed by atoms with E-state index >= 15 is 0 Å². The third-order valence-electron chi connectivity index (χ3n) is 2.61. The lowest BCUT2D eigenvalue weighted by molar-refractivity contribution is 0.0179. The predicted octanol–water partition coefficient (Wildman–Crippen LogP) is 0.868. The van der Waals surface area contributed by atoms with Gasteiger partial charge in [0.15, 0.2) is 0 Å². The van der Waals surface area contributed by atoms with Crippen molar-refractivity contribution in [1.29, 1.82) is 0 Å². The largest absolute Gasteiger partial charge is 0.375 e. The second-order valence-corrected chi connectivity index (χ2v) is 3.64. The third-order valence-corrected chi connectivity index (χ3v) is 2.61. The van der Waals surface area contributed by atoms with Crippen LogP contribution < -0.4 is 0 Å². The maximum absolute atomic E-state index is 5.49. The highest BCUT2D eigenvalue weighted by atomic mass is 16.5. The number of hydrogen-bond acceptors (Lipinski definition) is 2. The standard InChI is InChI=1S/C8H15NO/c1-6(2)9-4-8-3-7(9)5-10-8/h6-8H,3-5H2,1-2H3/t7-,8-/m0/s1. The monoisotopic (exact) mass is 141 g/mol. The van der Waals surface area contributed by atoms with Crippen LogP contribution in [0, 0.1) is 0 Å². The summed E-state index contributed by atoms with van der Waals surface area (Å²) < 4.78 is 5.49. The second-order valence-electron chi connectivity index (χ2n) is 3.64. The van der Waals surface area contributed by atoms with Gasteiger partial charge < -0.3 is 4.74 Å². The number of hydrogen-bond donors (Lipinski definition) is 0. The topological polar surface area (TPSA) is 12.5 Å². The number of nitrogens with zero attached hydrogens (tertiary/aromatic N) is 1. The molecule has 0 spiro atoms. The summed E-state index contributed by atoms with van der Waals surface area (Å²) in [5, 5.41) is 0. The van der Waals surface area contributed by atoms with Crippen molar-refractivity contribution in [1.82, 2.24) is 4.90 Å². The zero-order valence-electron chi connectivity index (χ0n) is 6.71. The highest BCUT2D eigenvalue weighted by Crippen LogP contribution is 2.28. The van der Waals surface area contributed by atoms with Gasteiger partial charge in [0, 0.05) is 18.6 Å². The van der Waals surface area contributed by atoms with Gasteiger partial charge in [0.25, 0.3) is 0 Å². The van der Waals surface area contributed by atoms with Gasteiger partial charge in [-0.2, -0.15) is 0 Å². The Morgan fingerprint density at radius 2 is 2.30 bits per heavy atom. The summed E-state index contributed by atoms with van der Waals surface area (Å²) in [4.78, 5) is 2.55. The molecule has 2 nitrogen and oxygen atoms in total. The van der Waals surface area contributed by atoms with Crippen LogP contribution in [0.2, 0.25) is 0 Å². The minimum absolute atomic E-state index is 0.562. The lowest BCUT2D eigenvalue weighted by atomic mass is 10.2. The minimum Gasteiger partial charge on any atom is -0.375 e. The zero-order valence-corrected chi connectivity index (χ0v) is 6.71. The quantitative estimate of drug-likeness (QED) is 0.537. The Bertz CT molecular complexity index is 135. The lowest BCUT2D eigenvalue weighted by Gasteiger charge is -2.30. The van der Waals surface area contributed by atoms with Gasteiger partial charge in [-0.05, 0) is 20.3 Å². The fourth-order valence-corrected chi connectivity index (χ4v) is 2.06. The minimum atomic E-state index is 0.562. The molecule has 2 aliphatic rings. The SMILES string of the molecule is CC(C)N1C[C@@H]2C[C@H]1CO2. The maximum atomic E-state index is 5.49. The molecule has 0 amide bonds. The third kappa shape index (κ3) is 0.867. The highest BCUT2D eigenvalue weighted by molar-refractivity contribution is 4.92. The first-order valence-electron chi connectivity index (χ1n) is 4.14. The second kappa shape index (κ2) is 2.21. The summed E-state index contributed by atoms with van der Waals surface area (Å²) in [6.07, 6.45) is 1.84. The molecule has 0 aromatic carbocycles. The Hall–Kier alpha value is -0.0800. The highest BCUT2D eigenvalue weighted by Gasteiger charge is 2.39. The van der Waals surface area contributed by atoms with Gasteiger partial charge in [-0.15, -0.1) is 0 Å². The molecule has 2 atom stereocenters. The first-order chi connectivity index (χ1) is 4.77. The van der Waals surface area contributed by atoms with E-state index in [1.54, 1.807) is 0 Å². The molecule has 2 rings (SSSR count). The van der Waals surface area contributed by atoms with Crippen molar-refractivity contribution >= 4 is 0 Å². The molecule has 0 aliphatic carbocycles. The summed E-state index contributed by atoms with van der Waals surface area (Å²) in [5.41, 5.74) is 0. The Balaban J connectivity index is 2.02. The van der Waals surface area contributed by atoms with Crippen LogP contribution in [0.3, 0.4) is 0 Å². The van der Waals surface area contributed by atoms with Crippen LogP contribution in [0.25, 0.3) is 0 Å². The van der Waals surface area contributed by atoms with Gasteiger partial charge in [-0.3, -0.25) is 4.90 Å². The lowest BCUT2D eigenvalue weighted by Crippen LogP contribution is -2.41. The molecule has 0 N–H and O–H groups in total.